The average Bonchev–Trinajstić information content (AvgIpc) is 3.18. The van der Waals surface area contributed by atoms with Crippen molar-refractivity contribution in [1.29, 1.82) is 0 Å². The number of hydrogen-bond donors (Lipinski definition) is 1. The number of aliphatic imine (C=N–C) groups is 1. The summed E-state index contributed by atoms with van der Waals surface area (Å²) in [5.74, 6) is 1.70. The van der Waals surface area contributed by atoms with Crippen molar-refractivity contribution in [2.45, 2.75) is 45.6 Å². The number of ether oxygens (including phenoxy) is 1. The van der Waals surface area contributed by atoms with Gasteiger partial charge in [-0.1, -0.05) is 20.8 Å². The number of rotatable bonds is 7. The minimum Gasteiger partial charge on any atom is -0.379 e. The zero-order valence-corrected chi connectivity index (χ0v) is 18.6. The summed E-state index contributed by atoms with van der Waals surface area (Å²) >= 11 is 1.72. The van der Waals surface area contributed by atoms with Crippen LogP contribution in [0.25, 0.3) is 0 Å². The van der Waals surface area contributed by atoms with Crippen molar-refractivity contribution in [1.82, 2.24) is 15.2 Å². The molecule has 5 nitrogen and oxygen atoms in total. The van der Waals surface area contributed by atoms with Gasteiger partial charge in [-0.05, 0) is 18.8 Å². The first kappa shape index (κ1) is 21.6. The Morgan fingerprint density at radius 1 is 1.46 bits per heavy atom. The molecule has 0 atom stereocenters. The maximum Gasteiger partial charge on any atom is 0.193 e. The molecule has 1 heterocycles. The number of halogens is 1. The SMILES string of the molecule is CN=C(NCc1csc(C(C)(C)C)n1)N(C)CCOCC1CC1.I. The molecule has 1 aliphatic carbocycles. The largest absolute Gasteiger partial charge is 0.379 e. The highest BCUT2D eigenvalue weighted by Gasteiger charge is 2.21. The Bertz CT molecular complexity index is 523. The van der Waals surface area contributed by atoms with Crippen molar-refractivity contribution in [3.63, 3.8) is 0 Å². The summed E-state index contributed by atoms with van der Waals surface area (Å²) in [6.07, 6.45) is 2.67. The molecule has 138 valence electrons. The Morgan fingerprint density at radius 3 is 2.71 bits per heavy atom. The topological polar surface area (TPSA) is 49.8 Å². The molecule has 0 bridgehead atoms. The van der Waals surface area contributed by atoms with Crippen LogP contribution in [-0.4, -0.2) is 49.7 Å². The molecule has 0 aromatic carbocycles. The quantitative estimate of drug-likeness (QED) is 0.289. The third-order valence-corrected chi connectivity index (χ3v) is 5.13. The van der Waals surface area contributed by atoms with Gasteiger partial charge in [-0.25, -0.2) is 4.98 Å². The van der Waals surface area contributed by atoms with Crippen LogP contribution in [0.3, 0.4) is 0 Å². The fourth-order valence-electron chi connectivity index (χ4n) is 2.13. The van der Waals surface area contributed by atoms with Crippen molar-refractivity contribution < 1.29 is 4.74 Å². The zero-order chi connectivity index (χ0) is 16.9. The minimum absolute atomic E-state index is 0. The number of aromatic nitrogens is 1. The first-order valence-electron chi connectivity index (χ1n) is 8.34. The highest BCUT2D eigenvalue weighted by atomic mass is 127. The van der Waals surface area contributed by atoms with E-state index in [1.165, 1.54) is 17.8 Å². The third kappa shape index (κ3) is 7.23. The van der Waals surface area contributed by atoms with E-state index in [-0.39, 0.29) is 29.4 Å². The van der Waals surface area contributed by atoms with Crippen LogP contribution in [0, 0.1) is 5.92 Å². The molecule has 24 heavy (non-hydrogen) atoms. The van der Waals surface area contributed by atoms with Crippen LogP contribution in [0.15, 0.2) is 10.4 Å². The molecule has 1 aromatic rings. The van der Waals surface area contributed by atoms with Crippen LogP contribution in [0.4, 0.5) is 0 Å². The average molecular weight is 466 g/mol. The van der Waals surface area contributed by atoms with Gasteiger partial charge in [0, 0.05) is 38.0 Å². The van der Waals surface area contributed by atoms with Crippen molar-refractivity contribution in [3.05, 3.63) is 16.1 Å². The molecule has 1 aromatic heterocycles. The molecular formula is C17H31IN4OS. The summed E-state index contributed by atoms with van der Waals surface area (Å²) in [4.78, 5) is 11.1. The molecule has 0 saturated heterocycles. The maximum atomic E-state index is 5.69. The fraction of sp³-hybridized carbons (Fsp3) is 0.765. The van der Waals surface area contributed by atoms with E-state index in [9.17, 15) is 0 Å². The van der Waals surface area contributed by atoms with E-state index < -0.39 is 0 Å². The highest BCUT2D eigenvalue weighted by Crippen LogP contribution is 2.28. The Balaban J connectivity index is 0.00000288. The lowest BCUT2D eigenvalue weighted by atomic mass is 9.98. The monoisotopic (exact) mass is 466 g/mol. The standard InChI is InChI=1S/C17H30N4OS.HI/c1-17(2,3)15-20-14(12-23-15)10-19-16(18-4)21(5)8-9-22-11-13-6-7-13;/h12-13H,6-11H2,1-5H3,(H,18,19);1H. The summed E-state index contributed by atoms with van der Waals surface area (Å²) in [6, 6.07) is 0. The van der Waals surface area contributed by atoms with Crippen molar-refractivity contribution in [3.8, 4) is 0 Å². The maximum absolute atomic E-state index is 5.69. The second-order valence-electron chi connectivity index (χ2n) is 7.23. The number of likely N-dealkylation sites (N-methyl/N-ethyl adjacent to an activating group) is 1. The molecule has 1 N–H and O–H groups in total. The second-order valence-corrected chi connectivity index (χ2v) is 8.09. The van der Waals surface area contributed by atoms with Crippen LogP contribution < -0.4 is 5.32 Å². The van der Waals surface area contributed by atoms with E-state index in [1.54, 1.807) is 11.3 Å². The molecule has 0 amide bonds. The Labute approximate surface area is 167 Å². The van der Waals surface area contributed by atoms with E-state index in [2.05, 4.69) is 41.4 Å². The molecule has 0 unspecified atom stereocenters. The van der Waals surface area contributed by atoms with E-state index >= 15 is 0 Å². The predicted octanol–water partition coefficient (Wildman–Crippen LogP) is 3.49. The van der Waals surface area contributed by atoms with Crippen LogP contribution in [0.1, 0.15) is 44.3 Å². The molecule has 7 heteroatoms. The highest BCUT2D eigenvalue weighted by molar-refractivity contribution is 14.0. The third-order valence-electron chi connectivity index (χ3n) is 3.82. The van der Waals surface area contributed by atoms with Gasteiger partial charge in [0.15, 0.2) is 5.96 Å². The van der Waals surface area contributed by atoms with E-state index in [4.69, 9.17) is 9.72 Å². The summed E-state index contributed by atoms with van der Waals surface area (Å²) in [5, 5.41) is 6.67. The normalized spacial score (nSPS) is 15.1. The summed E-state index contributed by atoms with van der Waals surface area (Å²) < 4.78 is 5.69. The van der Waals surface area contributed by atoms with Crippen LogP contribution >= 0.6 is 35.3 Å². The molecule has 1 aliphatic rings. The summed E-state index contributed by atoms with van der Waals surface area (Å²) in [7, 11) is 3.85. The van der Waals surface area contributed by atoms with Gasteiger partial charge >= 0.3 is 0 Å². The number of nitrogens with one attached hydrogen (secondary N) is 1. The first-order valence-corrected chi connectivity index (χ1v) is 9.22. The van der Waals surface area contributed by atoms with Crippen LogP contribution in [0.5, 0.6) is 0 Å². The fourth-order valence-corrected chi connectivity index (χ4v) is 3.04. The molecular weight excluding hydrogens is 435 g/mol. The van der Waals surface area contributed by atoms with Gasteiger partial charge in [0.05, 0.1) is 23.9 Å². The van der Waals surface area contributed by atoms with Crippen LogP contribution in [0.2, 0.25) is 0 Å². The number of guanidine groups is 1. The van der Waals surface area contributed by atoms with Gasteiger partial charge in [-0.2, -0.15) is 0 Å². The Morgan fingerprint density at radius 2 is 2.17 bits per heavy atom. The second kappa shape index (κ2) is 9.91. The lowest BCUT2D eigenvalue weighted by molar-refractivity contribution is 0.115. The summed E-state index contributed by atoms with van der Waals surface area (Å²) in [6.45, 7) is 9.78. The minimum atomic E-state index is 0. The molecule has 2 rings (SSSR count). The van der Waals surface area contributed by atoms with Crippen molar-refractivity contribution in [2.75, 3.05) is 33.9 Å². The van der Waals surface area contributed by atoms with Crippen LogP contribution in [-0.2, 0) is 16.7 Å². The Kier molecular flexibility index (Phi) is 8.94. The van der Waals surface area contributed by atoms with E-state index in [0.29, 0.717) is 6.54 Å². The molecule has 0 radical (unpaired) electrons. The first-order chi connectivity index (χ1) is 10.9. The zero-order valence-electron chi connectivity index (χ0n) is 15.5. The van der Waals surface area contributed by atoms with Gasteiger partial charge in [0.2, 0.25) is 0 Å². The summed E-state index contributed by atoms with van der Waals surface area (Å²) in [5.41, 5.74) is 1.18. The number of nitrogens with zero attached hydrogens (tertiary/aromatic N) is 3. The molecule has 0 aliphatic heterocycles. The smallest absolute Gasteiger partial charge is 0.193 e. The predicted molar refractivity (Wildman–Crippen MR) is 113 cm³/mol. The lowest BCUT2D eigenvalue weighted by Crippen LogP contribution is -2.40. The Hall–Kier alpha value is -0.410. The van der Waals surface area contributed by atoms with Gasteiger partial charge in [0.25, 0.3) is 0 Å². The molecule has 1 saturated carbocycles. The molecule has 0 spiro atoms. The van der Waals surface area contributed by atoms with Gasteiger partial charge in [-0.15, -0.1) is 35.3 Å². The molecule has 1 fully saturated rings. The van der Waals surface area contributed by atoms with Gasteiger partial charge in [-0.3, -0.25) is 4.99 Å². The number of hydrogen-bond acceptors (Lipinski definition) is 4. The lowest BCUT2D eigenvalue weighted by Gasteiger charge is -2.21. The van der Waals surface area contributed by atoms with E-state index in [1.807, 2.05) is 14.1 Å². The van der Waals surface area contributed by atoms with Gasteiger partial charge in [0.1, 0.15) is 0 Å². The van der Waals surface area contributed by atoms with Crippen molar-refractivity contribution >= 4 is 41.3 Å². The van der Waals surface area contributed by atoms with E-state index in [0.717, 1.165) is 37.3 Å². The van der Waals surface area contributed by atoms with Gasteiger partial charge < -0.3 is 15.0 Å². The number of thiazole rings is 1. The van der Waals surface area contributed by atoms with Crippen molar-refractivity contribution in [2.24, 2.45) is 10.9 Å².